The number of benzene rings is 2. The minimum absolute atomic E-state index is 0.0941. The minimum Gasteiger partial charge on any atom is -0.507 e. The first-order valence-electron chi connectivity index (χ1n) is 13.1. The summed E-state index contributed by atoms with van der Waals surface area (Å²) in [5.41, 5.74) is 0.234. The number of rotatable bonds is 6. The first kappa shape index (κ1) is 30.2. The molecule has 0 unspecified atom stereocenters. The van der Waals surface area contributed by atoms with E-state index in [0.717, 1.165) is 6.07 Å². The lowest BCUT2D eigenvalue weighted by atomic mass is 9.95. The van der Waals surface area contributed by atoms with E-state index in [1.165, 1.54) is 31.2 Å². The normalized spacial score (nSPS) is 36.6. The predicted molar refractivity (Wildman–Crippen MR) is 136 cm³/mol. The van der Waals surface area contributed by atoms with Gasteiger partial charge in [-0.25, -0.2) is 0 Å². The molecule has 0 bridgehead atoms. The van der Waals surface area contributed by atoms with Crippen LogP contribution in [0.2, 0.25) is 0 Å². The van der Waals surface area contributed by atoms with Crippen LogP contribution in [0.5, 0.6) is 28.7 Å². The number of carbonyl (C=O) groups is 1. The summed E-state index contributed by atoms with van der Waals surface area (Å²) in [6.07, 6.45) is -16.5. The van der Waals surface area contributed by atoms with E-state index in [4.69, 9.17) is 23.7 Å². The summed E-state index contributed by atoms with van der Waals surface area (Å²) in [4.78, 5) is 12.9. The van der Waals surface area contributed by atoms with Gasteiger partial charge in [0.15, 0.2) is 29.7 Å². The van der Waals surface area contributed by atoms with E-state index in [2.05, 4.69) is 0 Å². The lowest BCUT2D eigenvalue weighted by Crippen LogP contribution is -2.64. The number of carbonyl (C=O) groups excluding carboxylic acids is 1. The number of hydrogen-bond donors (Lipinski definition) is 9. The summed E-state index contributed by atoms with van der Waals surface area (Å²) in [5.74, 6) is -2.02. The maximum absolute atomic E-state index is 12.9. The SMILES string of the molecule is C[C@@H]1O[C@@H](O[C@H]2[C@H](Oc3cc(O)c4c(c3)O[C@H](c3ccc(O)c(O)c3)CC4=O)O[C@H](CO)[C@@H](O)[C@@H]2O)[C@H](O)[C@H](O)[C@H]1O. The zero-order valence-electron chi connectivity index (χ0n) is 22.1. The van der Waals surface area contributed by atoms with Crippen molar-refractivity contribution in [2.45, 2.75) is 80.9 Å². The lowest BCUT2D eigenvalue weighted by Gasteiger charge is -2.45. The number of aliphatic hydroxyl groups is 6. The zero-order chi connectivity index (χ0) is 30.5. The maximum atomic E-state index is 12.9. The molecule has 2 aromatic rings. The molecule has 15 nitrogen and oxygen atoms in total. The fourth-order valence-corrected chi connectivity index (χ4v) is 5.12. The highest BCUT2D eigenvalue weighted by Gasteiger charge is 2.51. The first-order chi connectivity index (χ1) is 19.9. The Kier molecular flexibility index (Phi) is 8.48. The second-order valence-corrected chi connectivity index (χ2v) is 10.4. The summed E-state index contributed by atoms with van der Waals surface area (Å²) in [6, 6.07) is 6.25. The van der Waals surface area contributed by atoms with E-state index in [1.807, 2.05) is 0 Å². The molecule has 3 heterocycles. The van der Waals surface area contributed by atoms with Gasteiger partial charge in [-0.1, -0.05) is 6.07 Å². The third-order valence-corrected chi connectivity index (χ3v) is 7.52. The Morgan fingerprint density at radius 2 is 1.57 bits per heavy atom. The molecule has 3 aliphatic heterocycles. The lowest BCUT2D eigenvalue weighted by molar-refractivity contribution is -0.354. The molecule has 15 heteroatoms. The largest absolute Gasteiger partial charge is 0.507 e. The topological polar surface area (TPSA) is 245 Å². The van der Waals surface area contributed by atoms with Crippen molar-refractivity contribution >= 4 is 5.78 Å². The highest BCUT2D eigenvalue weighted by molar-refractivity contribution is 6.02. The minimum atomic E-state index is -1.77. The van der Waals surface area contributed by atoms with Crippen LogP contribution in [0.3, 0.4) is 0 Å². The van der Waals surface area contributed by atoms with Gasteiger partial charge in [-0.3, -0.25) is 4.79 Å². The number of hydrogen-bond acceptors (Lipinski definition) is 15. The third-order valence-electron chi connectivity index (χ3n) is 7.52. The van der Waals surface area contributed by atoms with Crippen molar-refractivity contribution in [3.05, 3.63) is 41.5 Å². The Labute approximate surface area is 238 Å². The molecule has 42 heavy (non-hydrogen) atoms. The van der Waals surface area contributed by atoms with Gasteiger partial charge in [0.25, 0.3) is 0 Å². The number of phenols is 3. The molecule has 5 rings (SSSR count). The molecule has 0 spiro atoms. The fraction of sp³-hybridized carbons (Fsp3) is 0.519. The van der Waals surface area contributed by atoms with Gasteiger partial charge < -0.3 is 69.6 Å². The molecule has 3 aliphatic rings. The van der Waals surface area contributed by atoms with Gasteiger partial charge in [0.1, 0.15) is 65.5 Å². The molecule has 0 aliphatic carbocycles. The van der Waals surface area contributed by atoms with Crippen LogP contribution >= 0.6 is 0 Å². The van der Waals surface area contributed by atoms with Crippen LogP contribution in [-0.4, -0.2) is 120 Å². The van der Waals surface area contributed by atoms with Crippen LogP contribution in [0.1, 0.15) is 35.4 Å². The summed E-state index contributed by atoms with van der Waals surface area (Å²) >= 11 is 0. The second kappa shape index (κ2) is 11.8. The quantitative estimate of drug-likeness (QED) is 0.173. The summed E-state index contributed by atoms with van der Waals surface area (Å²) in [6.45, 7) is 0.683. The average Bonchev–Trinajstić information content (AvgIpc) is 2.95. The van der Waals surface area contributed by atoms with Crippen molar-refractivity contribution < 1.29 is 74.4 Å². The molecule has 9 N–H and O–H groups in total. The number of Topliss-reactive ketones (excluding diaryl/α,β-unsaturated/α-hetero) is 1. The molecule has 11 atom stereocenters. The Hall–Kier alpha value is -3.25. The Balaban J connectivity index is 1.42. The van der Waals surface area contributed by atoms with Crippen molar-refractivity contribution in [1.82, 2.24) is 0 Å². The standard InChI is InChI=1S/C27H32O15/c1-9-20(33)22(35)24(37)26(38-9)42-25-23(36)21(34)18(8-28)41-27(25)39-11-5-14(31)19-15(32)7-16(40-17(19)6-11)10-2-3-12(29)13(30)4-10/h2-6,9,16,18,20-31,33-37H,7-8H2,1H3/t9-,16-,18+,20-,21+,22+,23-,24+,25+,26-,27+/m0/s1. The zero-order valence-corrected chi connectivity index (χ0v) is 22.1. The van der Waals surface area contributed by atoms with Crippen LogP contribution < -0.4 is 9.47 Å². The molecule has 0 radical (unpaired) electrons. The number of aromatic hydroxyl groups is 3. The highest BCUT2D eigenvalue weighted by atomic mass is 16.8. The van der Waals surface area contributed by atoms with Crippen molar-refractivity contribution in [2.75, 3.05) is 6.61 Å². The van der Waals surface area contributed by atoms with Gasteiger partial charge in [-0.15, -0.1) is 0 Å². The van der Waals surface area contributed by atoms with Crippen molar-refractivity contribution in [3.8, 4) is 28.7 Å². The van der Waals surface area contributed by atoms with Crippen LogP contribution in [0, 0.1) is 0 Å². The van der Waals surface area contributed by atoms with Crippen molar-refractivity contribution in [3.63, 3.8) is 0 Å². The molecule has 0 amide bonds. The van der Waals surface area contributed by atoms with Crippen molar-refractivity contribution in [2.24, 2.45) is 0 Å². The number of fused-ring (bicyclic) bond motifs is 1. The number of ketones is 1. The smallest absolute Gasteiger partial charge is 0.229 e. The van der Waals surface area contributed by atoms with E-state index in [1.54, 1.807) is 0 Å². The van der Waals surface area contributed by atoms with E-state index in [9.17, 15) is 50.8 Å². The number of phenolic OH excluding ortho intramolecular Hbond substituents is 3. The van der Waals surface area contributed by atoms with Gasteiger partial charge >= 0.3 is 0 Å². The van der Waals surface area contributed by atoms with E-state index in [-0.39, 0.29) is 29.2 Å². The van der Waals surface area contributed by atoms with Gasteiger partial charge in [0.05, 0.1) is 19.1 Å². The second-order valence-electron chi connectivity index (χ2n) is 10.4. The van der Waals surface area contributed by atoms with Crippen LogP contribution in [0.4, 0.5) is 0 Å². The predicted octanol–water partition coefficient (Wildman–Crippen LogP) is -1.46. The monoisotopic (exact) mass is 596 g/mol. The Bertz CT molecular complexity index is 1300. The van der Waals surface area contributed by atoms with Crippen LogP contribution in [0.25, 0.3) is 0 Å². The number of aliphatic hydroxyl groups excluding tert-OH is 6. The van der Waals surface area contributed by atoms with Gasteiger partial charge in [-0.2, -0.15) is 0 Å². The van der Waals surface area contributed by atoms with Crippen molar-refractivity contribution in [1.29, 1.82) is 0 Å². The number of ether oxygens (including phenoxy) is 5. The van der Waals surface area contributed by atoms with E-state index >= 15 is 0 Å². The summed E-state index contributed by atoms with van der Waals surface area (Å²) < 4.78 is 28.4. The molecule has 230 valence electrons. The highest BCUT2D eigenvalue weighted by Crippen LogP contribution is 2.43. The molecule has 0 saturated carbocycles. The molecule has 2 saturated heterocycles. The summed E-state index contributed by atoms with van der Waals surface area (Å²) in [7, 11) is 0. The van der Waals surface area contributed by atoms with Gasteiger partial charge in [0.2, 0.25) is 6.29 Å². The molecule has 2 fully saturated rings. The van der Waals surface area contributed by atoms with E-state index in [0.29, 0.717) is 5.56 Å². The Morgan fingerprint density at radius 1 is 0.833 bits per heavy atom. The molecular formula is C27H32O15. The fourth-order valence-electron chi connectivity index (χ4n) is 5.12. The van der Waals surface area contributed by atoms with E-state index < -0.39 is 91.4 Å². The first-order valence-corrected chi connectivity index (χ1v) is 13.1. The third kappa shape index (κ3) is 5.58. The van der Waals surface area contributed by atoms with Crippen LogP contribution in [-0.2, 0) is 14.2 Å². The van der Waals surface area contributed by atoms with Gasteiger partial charge in [-0.05, 0) is 24.6 Å². The van der Waals surface area contributed by atoms with Gasteiger partial charge in [0, 0.05) is 12.1 Å². The molecular weight excluding hydrogens is 564 g/mol. The average molecular weight is 597 g/mol. The Morgan fingerprint density at radius 3 is 2.26 bits per heavy atom. The maximum Gasteiger partial charge on any atom is 0.229 e. The molecule has 0 aromatic heterocycles. The summed E-state index contributed by atoms with van der Waals surface area (Å²) in [5, 5.41) is 91.6. The molecule has 2 aromatic carbocycles. The van der Waals surface area contributed by atoms with Crippen LogP contribution in [0.15, 0.2) is 30.3 Å².